The van der Waals surface area contributed by atoms with Crippen LogP contribution in [0.4, 0.5) is 5.69 Å². The molecule has 6 heteroatoms. The van der Waals surface area contributed by atoms with Crippen molar-refractivity contribution in [2.45, 2.75) is 39.7 Å². The molecule has 2 rings (SSSR count). The summed E-state index contributed by atoms with van der Waals surface area (Å²) < 4.78 is 0.869. The molecule has 5 nitrogen and oxygen atoms in total. The average molecular weight is 307 g/mol. The van der Waals surface area contributed by atoms with Crippen LogP contribution in [-0.2, 0) is 6.42 Å². The van der Waals surface area contributed by atoms with Gasteiger partial charge in [0.25, 0.3) is 5.69 Å². The minimum absolute atomic E-state index is 0.165. The van der Waals surface area contributed by atoms with Crippen molar-refractivity contribution < 1.29 is 4.92 Å². The van der Waals surface area contributed by atoms with E-state index >= 15 is 0 Å². The Hall–Kier alpha value is -1.53. The summed E-state index contributed by atoms with van der Waals surface area (Å²) in [5, 5.41) is 14.9. The van der Waals surface area contributed by atoms with Crippen LogP contribution in [0.3, 0.4) is 0 Å². The molecule has 1 aromatic heterocycles. The molecule has 0 aliphatic rings. The van der Waals surface area contributed by atoms with Gasteiger partial charge in [-0.2, -0.15) is 0 Å². The van der Waals surface area contributed by atoms with Gasteiger partial charge in [0.1, 0.15) is 0 Å². The molecule has 0 aliphatic carbocycles. The van der Waals surface area contributed by atoms with Crippen LogP contribution in [0.2, 0.25) is 0 Å². The van der Waals surface area contributed by atoms with Crippen LogP contribution < -0.4 is 5.32 Å². The Labute approximate surface area is 128 Å². The lowest BCUT2D eigenvalue weighted by atomic mass is 9.95. The molecule has 1 unspecified atom stereocenters. The Kier molecular flexibility index (Phi) is 5.25. The van der Waals surface area contributed by atoms with E-state index in [-0.39, 0.29) is 16.7 Å². The minimum Gasteiger partial charge on any atom is -0.313 e. The molecule has 0 fully saturated rings. The van der Waals surface area contributed by atoms with Crippen LogP contribution in [0.5, 0.6) is 0 Å². The topological polar surface area (TPSA) is 68.1 Å². The first kappa shape index (κ1) is 15.9. The maximum atomic E-state index is 11.4. The minimum atomic E-state index is -0.297. The van der Waals surface area contributed by atoms with E-state index in [4.69, 9.17) is 0 Å². The molecule has 0 bridgehead atoms. The van der Waals surface area contributed by atoms with Crippen LogP contribution in [-0.4, -0.2) is 22.5 Å². The second-order valence-electron chi connectivity index (χ2n) is 5.54. The number of nitrogens with zero attached hydrogens (tertiary/aromatic N) is 2. The number of hydrogen-bond donors (Lipinski definition) is 1. The summed E-state index contributed by atoms with van der Waals surface area (Å²) in [5.74, 6) is 0.419. The molecule has 2 aromatic rings. The van der Waals surface area contributed by atoms with Gasteiger partial charge in [-0.25, -0.2) is 4.98 Å². The van der Waals surface area contributed by atoms with Gasteiger partial charge in [0.15, 0.2) is 5.52 Å². The van der Waals surface area contributed by atoms with E-state index in [1.165, 1.54) is 11.3 Å². The van der Waals surface area contributed by atoms with E-state index in [2.05, 4.69) is 31.1 Å². The Morgan fingerprint density at radius 1 is 1.43 bits per heavy atom. The zero-order valence-electron chi connectivity index (χ0n) is 12.6. The number of nitrogens with one attached hydrogen (secondary N) is 1. The Balaban J connectivity index is 2.35. The third-order valence-electron chi connectivity index (χ3n) is 3.64. The second-order valence-corrected chi connectivity index (χ2v) is 6.42. The summed E-state index contributed by atoms with van der Waals surface area (Å²) in [5.41, 5.74) is 3.11. The highest BCUT2D eigenvalue weighted by atomic mass is 32.1. The smallest absolute Gasteiger partial charge is 0.299 e. The van der Waals surface area contributed by atoms with Crippen molar-refractivity contribution in [3.63, 3.8) is 0 Å². The van der Waals surface area contributed by atoms with Gasteiger partial charge in [0, 0.05) is 11.6 Å². The lowest BCUT2D eigenvalue weighted by Gasteiger charge is -2.22. The molecule has 1 aromatic carbocycles. The third-order valence-corrected chi connectivity index (χ3v) is 4.44. The fourth-order valence-corrected chi connectivity index (χ4v) is 3.12. The molecule has 0 saturated carbocycles. The van der Waals surface area contributed by atoms with Gasteiger partial charge in [-0.1, -0.05) is 26.8 Å². The summed E-state index contributed by atoms with van der Waals surface area (Å²) in [6.45, 7) is 7.32. The van der Waals surface area contributed by atoms with E-state index in [0.29, 0.717) is 17.9 Å². The van der Waals surface area contributed by atoms with Gasteiger partial charge in [-0.3, -0.25) is 10.1 Å². The molecule has 0 saturated heterocycles. The van der Waals surface area contributed by atoms with E-state index in [1.54, 1.807) is 5.51 Å². The third kappa shape index (κ3) is 3.57. The van der Waals surface area contributed by atoms with Gasteiger partial charge in [0.05, 0.1) is 15.1 Å². The molecular formula is C15H21N3O2S. The van der Waals surface area contributed by atoms with Crippen molar-refractivity contribution in [3.8, 4) is 0 Å². The number of aromatic nitrogens is 1. The zero-order chi connectivity index (χ0) is 15.4. The lowest BCUT2D eigenvalue weighted by Crippen LogP contribution is -2.36. The van der Waals surface area contributed by atoms with E-state index < -0.39 is 0 Å². The van der Waals surface area contributed by atoms with Crippen molar-refractivity contribution in [2.24, 2.45) is 5.92 Å². The normalized spacial score (nSPS) is 13.0. The number of benzene rings is 1. The maximum Gasteiger partial charge on any atom is 0.299 e. The van der Waals surface area contributed by atoms with Gasteiger partial charge in [-0.05, 0) is 31.4 Å². The Morgan fingerprint density at radius 2 is 2.19 bits per heavy atom. The van der Waals surface area contributed by atoms with Crippen LogP contribution in [0.25, 0.3) is 10.2 Å². The lowest BCUT2D eigenvalue weighted by molar-refractivity contribution is -0.383. The molecular weight excluding hydrogens is 286 g/mol. The fourth-order valence-electron chi connectivity index (χ4n) is 2.44. The van der Waals surface area contributed by atoms with E-state index in [9.17, 15) is 10.1 Å². The average Bonchev–Trinajstić information content (AvgIpc) is 2.90. The number of thiazole rings is 1. The summed E-state index contributed by atoms with van der Waals surface area (Å²) >= 11 is 1.44. The molecule has 1 heterocycles. The molecule has 0 amide bonds. The highest BCUT2D eigenvalue weighted by Crippen LogP contribution is 2.32. The number of rotatable bonds is 7. The van der Waals surface area contributed by atoms with Crippen LogP contribution in [0, 0.1) is 16.0 Å². The van der Waals surface area contributed by atoms with E-state index in [0.717, 1.165) is 23.2 Å². The van der Waals surface area contributed by atoms with Crippen molar-refractivity contribution in [1.29, 1.82) is 0 Å². The molecule has 21 heavy (non-hydrogen) atoms. The fraction of sp³-hybridized carbons (Fsp3) is 0.533. The molecule has 0 spiro atoms. The van der Waals surface area contributed by atoms with Gasteiger partial charge < -0.3 is 5.32 Å². The quantitative estimate of drug-likeness (QED) is 0.624. The number of nitro groups is 1. The second kappa shape index (κ2) is 6.95. The van der Waals surface area contributed by atoms with Crippen LogP contribution >= 0.6 is 11.3 Å². The Morgan fingerprint density at radius 3 is 2.81 bits per heavy atom. The first-order chi connectivity index (χ1) is 10.0. The first-order valence-electron chi connectivity index (χ1n) is 7.27. The van der Waals surface area contributed by atoms with Crippen molar-refractivity contribution in [1.82, 2.24) is 10.3 Å². The van der Waals surface area contributed by atoms with Gasteiger partial charge in [-0.15, -0.1) is 11.3 Å². The van der Waals surface area contributed by atoms with Crippen molar-refractivity contribution in [2.75, 3.05) is 6.54 Å². The van der Waals surface area contributed by atoms with Gasteiger partial charge in [0.2, 0.25) is 0 Å². The predicted octanol–water partition coefficient (Wildman–Crippen LogP) is 3.77. The molecule has 0 aliphatic heterocycles. The molecule has 1 atom stereocenters. The number of nitro benzene ring substituents is 1. The summed E-state index contributed by atoms with van der Waals surface area (Å²) in [7, 11) is 0. The van der Waals surface area contributed by atoms with Crippen molar-refractivity contribution >= 4 is 27.2 Å². The molecule has 1 N–H and O–H groups in total. The van der Waals surface area contributed by atoms with Crippen LogP contribution in [0.1, 0.15) is 32.8 Å². The maximum absolute atomic E-state index is 11.4. The zero-order valence-corrected chi connectivity index (χ0v) is 13.4. The van der Waals surface area contributed by atoms with E-state index in [1.807, 2.05) is 12.1 Å². The summed E-state index contributed by atoms with van der Waals surface area (Å²) in [6, 6.07) is 4.05. The summed E-state index contributed by atoms with van der Waals surface area (Å²) in [6.07, 6.45) is 1.71. The number of fused-ring (bicyclic) bond motifs is 1. The standard InChI is InChI=1S/C15H21N3O2S/c1-4-7-16-12(10(2)3)8-11-5-6-13-14(17-9-21-13)15(11)18(19)20/h5-6,9-10,12,16H,4,7-8H2,1-3H3. The first-order valence-corrected chi connectivity index (χ1v) is 8.15. The SMILES string of the molecule is CCCNC(Cc1ccc2scnc2c1[N+](=O)[O-])C(C)C. The number of hydrogen-bond acceptors (Lipinski definition) is 5. The molecule has 114 valence electrons. The van der Waals surface area contributed by atoms with Crippen molar-refractivity contribution in [3.05, 3.63) is 33.3 Å². The predicted molar refractivity (Wildman–Crippen MR) is 86.9 cm³/mol. The Bertz CT molecular complexity index is 624. The summed E-state index contributed by atoms with van der Waals surface area (Å²) in [4.78, 5) is 15.3. The highest BCUT2D eigenvalue weighted by molar-refractivity contribution is 7.16. The monoisotopic (exact) mass is 307 g/mol. The molecule has 0 radical (unpaired) electrons. The van der Waals surface area contributed by atoms with Crippen LogP contribution in [0.15, 0.2) is 17.6 Å². The largest absolute Gasteiger partial charge is 0.313 e. The highest BCUT2D eigenvalue weighted by Gasteiger charge is 2.23. The van der Waals surface area contributed by atoms with Gasteiger partial charge >= 0.3 is 0 Å².